The molecule has 0 spiro atoms. The fraction of sp³-hybridized carbons (Fsp3) is 0.500. The summed E-state index contributed by atoms with van der Waals surface area (Å²) >= 11 is 6.32. The number of nitrogens with zero attached hydrogens (tertiary/aromatic N) is 1. The highest BCUT2D eigenvalue weighted by atomic mass is 35.5. The van der Waals surface area contributed by atoms with Gasteiger partial charge in [-0.1, -0.05) is 17.7 Å². The van der Waals surface area contributed by atoms with Crippen LogP contribution in [-0.4, -0.2) is 19.0 Å². The molecule has 1 unspecified atom stereocenters. The molecule has 1 aliphatic rings. The molecule has 1 heterocycles. The molecule has 1 aromatic carbocycles. The average Bonchev–Trinajstić information content (AvgIpc) is 2.38. The first-order valence-corrected chi connectivity index (χ1v) is 6.96. The molecule has 1 atom stereocenters. The van der Waals surface area contributed by atoms with Gasteiger partial charge in [-0.15, -0.1) is 0 Å². The number of hydrogen-bond acceptors (Lipinski definition) is 3. The third kappa shape index (κ3) is 3.19. The van der Waals surface area contributed by atoms with Crippen molar-refractivity contribution in [3.63, 3.8) is 0 Å². The van der Waals surface area contributed by atoms with Crippen LogP contribution < -0.4 is 16.4 Å². The van der Waals surface area contributed by atoms with Gasteiger partial charge in [-0.05, 0) is 37.5 Å². The zero-order chi connectivity index (χ0) is 14.0. The molecule has 0 aliphatic carbocycles. The van der Waals surface area contributed by atoms with E-state index in [1.807, 2.05) is 25.1 Å². The summed E-state index contributed by atoms with van der Waals surface area (Å²) in [4.78, 5) is 13.3. The van der Waals surface area contributed by atoms with Crippen molar-refractivity contribution in [2.75, 3.05) is 18.0 Å². The van der Waals surface area contributed by atoms with E-state index in [2.05, 4.69) is 4.90 Å². The summed E-state index contributed by atoms with van der Waals surface area (Å²) in [5.74, 6) is -0.198. The lowest BCUT2D eigenvalue weighted by Gasteiger charge is -2.33. The minimum atomic E-state index is -0.196. The van der Waals surface area contributed by atoms with Gasteiger partial charge in [0.25, 0.3) is 0 Å². The Bertz CT molecular complexity index is 468. The second-order valence-electron chi connectivity index (χ2n) is 5.16. The first-order valence-electron chi connectivity index (χ1n) is 6.58. The number of hydrogen-bond donors (Lipinski definition) is 2. The molecule has 1 aliphatic heterocycles. The van der Waals surface area contributed by atoms with Gasteiger partial charge >= 0.3 is 0 Å². The third-order valence-electron chi connectivity index (χ3n) is 3.74. The zero-order valence-corrected chi connectivity index (χ0v) is 11.9. The van der Waals surface area contributed by atoms with Crippen LogP contribution in [0.15, 0.2) is 18.2 Å². The van der Waals surface area contributed by atoms with Gasteiger partial charge in [0.1, 0.15) is 0 Å². The molecule has 1 fully saturated rings. The predicted octanol–water partition coefficient (Wildman–Crippen LogP) is 2.06. The van der Waals surface area contributed by atoms with Gasteiger partial charge in [-0.2, -0.15) is 0 Å². The standard InChI is InChI=1S/C14H20ClN3O/c1-9(16)11-2-3-13(12(15)8-11)18-6-4-10(5-7-18)14(17)19/h2-3,8-10H,4-7,16H2,1H3,(H2,17,19). The molecular formula is C14H20ClN3O. The van der Waals surface area contributed by atoms with E-state index >= 15 is 0 Å². The lowest BCUT2D eigenvalue weighted by Crippen LogP contribution is -2.38. The molecule has 4 nitrogen and oxygen atoms in total. The molecule has 0 radical (unpaired) electrons. The average molecular weight is 282 g/mol. The molecule has 1 amide bonds. The van der Waals surface area contributed by atoms with E-state index < -0.39 is 0 Å². The Kier molecular flexibility index (Phi) is 4.32. The highest BCUT2D eigenvalue weighted by Gasteiger charge is 2.24. The lowest BCUT2D eigenvalue weighted by atomic mass is 9.96. The van der Waals surface area contributed by atoms with Gasteiger partial charge in [0.2, 0.25) is 5.91 Å². The number of carbonyl (C=O) groups excluding carboxylic acids is 1. The van der Waals surface area contributed by atoms with Crippen LogP contribution in [0.2, 0.25) is 5.02 Å². The number of carbonyl (C=O) groups is 1. The Morgan fingerprint density at radius 3 is 2.53 bits per heavy atom. The summed E-state index contributed by atoms with van der Waals surface area (Å²) in [5.41, 5.74) is 13.2. The SMILES string of the molecule is CC(N)c1ccc(N2CCC(C(N)=O)CC2)c(Cl)c1. The number of anilines is 1. The van der Waals surface area contributed by atoms with Gasteiger partial charge in [-0.3, -0.25) is 4.79 Å². The largest absolute Gasteiger partial charge is 0.370 e. The topological polar surface area (TPSA) is 72.3 Å². The summed E-state index contributed by atoms with van der Waals surface area (Å²) in [5, 5.41) is 0.715. The van der Waals surface area contributed by atoms with Crippen molar-refractivity contribution < 1.29 is 4.79 Å². The maximum Gasteiger partial charge on any atom is 0.220 e. The van der Waals surface area contributed by atoms with E-state index in [0.29, 0.717) is 5.02 Å². The first kappa shape index (κ1) is 14.2. The number of primary amides is 1. The van der Waals surface area contributed by atoms with E-state index in [1.165, 1.54) is 0 Å². The lowest BCUT2D eigenvalue weighted by molar-refractivity contribution is -0.122. The first-order chi connectivity index (χ1) is 8.99. The summed E-state index contributed by atoms with van der Waals surface area (Å²) in [6.07, 6.45) is 1.58. The molecule has 1 aromatic rings. The maximum atomic E-state index is 11.1. The minimum absolute atomic E-state index is 0.00152. The number of nitrogens with two attached hydrogens (primary N) is 2. The Balaban J connectivity index is 2.09. The number of piperidine rings is 1. The van der Waals surface area contributed by atoms with Crippen molar-refractivity contribution in [3.05, 3.63) is 28.8 Å². The molecule has 4 N–H and O–H groups in total. The molecule has 0 saturated carbocycles. The molecular weight excluding hydrogens is 262 g/mol. The molecule has 0 aromatic heterocycles. The molecule has 19 heavy (non-hydrogen) atoms. The summed E-state index contributed by atoms with van der Waals surface area (Å²) < 4.78 is 0. The molecule has 0 bridgehead atoms. The van der Waals surface area contributed by atoms with Crippen LogP contribution in [0, 0.1) is 5.92 Å². The second kappa shape index (κ2) is 5.80. The van der Waals surface area contributed by atoms with Crippen LogP contribution in [0.25, 0.3) is 0 Å². The Labute approximate surface area is 118 Å². The van der Waals surface area contributed by atoms with Crippen LogP contribution in [0.5, 0.6) is 0 Å². The van der Waals surface area contributed by atoms with E-state index in [4.69, 9.17) is 23.1 Å². The van der Waals surface area contributed by atoms with Crippen molar-refractivity contribution in [1.82, 2.24) is 0 Å². The van der Waals surface area contributed by atoms with E-state index in [1.54, 1.807) is 0 Å². The van der Waals surface area contributed by atoms with E-state index in [9.17, 15) is 4.79 Å². The van der Waals surface area contributed by atoms with Gasteiger partial charge in [0, 0.05) is 25.0 Å². The van der Waals surface area contributed by atoms with E-state index in [-0.39, 0.29) is 17.9 Å². The highest BCUT2D eigenvalue weighted by molar-refractivity contribution is 6.33. The Morgan fingerprint density at radius 2 is 2.05 bits per heavy atom. The van der Waals surface area contributed by atoms with Crippen LogP contribution in [0.1, 0.15) is 31.4 Å². The maximum absolute atomic E-state index is 11.1. The van der Waals surface area contributed by atoms with Crippen molar-refractivity contribution in [2.45, 2.75) is 25.8 Å². The predicted molar refractivity (Wildman–Crippen MR) is 78.2 cm³/mol. The fourth-order valence-electron chi connectivity index (χ4n) is 2.47. The van der Waals surface area contributed by atoms with Crippen LogP contribution in [0.3, 0.4) is 0 Å². The summed E-state index contributed by atoms with van der Waals surface area (Å²) in [7, 11) is 0. The molecule has 104 valence electrons. The summed E-state index contributed by atoms with van der Waals surface area (Å²) in [6, 6.07) is 5.91. The molecule has 1 saturated heterocycles. The van der Waals surface area contributed by atoms with Crippen LogP contribution >= 0.6 is 11.6 Å². The fourth-order valence-corrected chi connectivity index (χ4v) is 2.78. The van der Waals surface area contributed by atoms with Crippen molar-refractivity contribution in [1.29, 1.82) is 0 Å². The van der Waals surface area contributed by atoms with Gasteiger partial charge < -0.3 is 16.4 Å². The van der Waals surface area contributed by atoms with Crippen LogP contribution in [-0.2, 0) is 4.79 Å². The number of amides is 1. The van der Waals surface area contributed by atoms with Gasteiger partial charge in [-0.25, -0.2) is 0 Å². The number of rotatable bonds is 3. The monoisotopic (exact) mass is 281 g/mol. The van der Waals surface area contributed by atoms with Crippen molar-refractivity contribution in [2.24, 2.45) is 17.4 Å². The Hall–Kier alpha value is -1.26. The highest BCUT2D eigenvalue weighted by Crippen LogP contribution is 2.31. The quantitative estimate of drug-likeness (QED) is 0.891. The number of benzene rings is 1. The van der Waals surface area contributed by atoms with Crippen molar-refractivity contribution in [3.8, 4) is 0 Å². The smallest absolute Gasteiger partial charge is 0.220 e. The van der Waals surface area contributed by atoms with Gasteiger partial charge in [0.05, 0.1) is 10.7 Å². The normalized spacial score (nSPS) is 18.4. The van der Waals surface area contributed by atoms with Crippen LogP contribution in [0.4, 0.5) is 5.69 Å². The zero-order valence-electron chi connectivity index (χ0n) is 11.1. The minimum Gasteiger partial charge on any atom is -0.370 e. The van der Waals surface area contributed by atoms with Gasteiger partial charge in [0.15, 0.2) is 0 Å². The molecule has 2 rings (SSSR count). The number of halogens is 1. The third-order valence-corrected chi connectivity index (χ3v) is 4.04. The Morgan fingerprint density at radius 1 is 1.42 bits per heavy atom. The van der Waals surface area contributed by atoms with E-state index in [0.717, 1.165) is 37.2 Å². The molecule has 5 heteroatoms. The van der Waals surface area contributed by atoms with Crippen molar-refractivity contribution >= 4 is 23.2 Å². The second-order valence-corrected chi connectivity index (χ2v) is 5.57. The summed E-state index contributed by atoms with van der Waals surface area (Å²) in [6.45, 7) is 3.55.